The van der Waals surface area contributed by atoms with Crippen LogP contribution in [0.2, 0.25) is 0 Å². The SMILES string of the molecule is C[C@H](NC1Cc2ccccc2C1)c1cn2ccsc2n1. The van der Waals surface area contributed by atoms with E-state index in [1.807, 2.05) is 0 Å². The third-order valence-corrected chi connectivity index (χ3v) is 4.86. The molecular formula is C16H17N3S. The van der Waals surface area contributed by atoms with Gasteiger partial charge in [0.1, 0.15) is 0 Å². The molecule has 0 unspecified atom stereocenters. The van der Waals surface area contributed by atoms with Crippen LogP contribution in [0.1, 0.15) is 29.8 Å². The summed E-state index contributed by atoms with van der Waals surface area (Å²) in [5, 5.41) is 5.79. The number of thiazole rings is 1. The second-order valence-corrected chi connectivity index (χ2v) is 6.39. The minimum atomic E-state index is 0.293. The van der Waals surface area contributed by atoms with Crippen molar-refractivity contribution < 1.29 is 0 Å². The Morgan fingerprint density at radius 1 is 1.30 bits per heavy atom. The zero-order valence-corrected chi connectivity index (χ0v) is 12.2. The molecule has 0 saturated heterocycles. The lowest BCUT2D eigenvalue weighted by Crippen LogP contribution is -2.32. The number of benzene rings is 1. The van der Waals surface area contributed by atoms with Gasteiger partial charge in [-0.25, -0.2) is 4.98 Å². The average molecular weight is 283 g/mol. The van der Waals surface area contributed by atoms with Gasteiger partial charge in [0.25, 0.3) is 0 Å². The summed E-state index contributed by atoms with van der Waals surface area (Å²) in [6.45, 7) is 2.20. The first-order chi connectivity index (χ1) is 9.79. The van der Waals surface area contributed by atoms with Crippen LogP contribution in [0.3, 0.4) is 0 Å². The smallest absolute Gasteiger partial charge is 0.193 e. The molecule has 2 heterocycles. The second kappa shape index (κ2) is 4.72. The molecule has 0 spiro atoms. The highest BCUT2D eigenvalue weighted by molar-refractivity contribution is 7.15. The molecule has 1 aliphatic carbocycles. The van der Waals surface area contributed by atoms with E-state index in [0.717, 1.165) is 23.5 Å². The van der Waals surface area contributed by atoms with Gasteiger partial charge < -0.3 is 5.32 Å². The Morgan fingerprint density at radius 3 is 2.75 bits per heavy atom. The summed E-state index contributed by atoms with van der Waals surface area (Å²) in [5.41, 5.74) is 4.11. The minimum absolute atomic E-state index is 0.293. The summed E-state index contributed by atoms with van der Waals surface area (Å²) in [5.74, 6) is 0. The summed E-state index contributed by atoms with van der Waals surface area (Å²) >= 11 is 1.68. The predicted molar refractivity (Wildman–Crippen MR) is 82.3 cm³/mol. The number of rotatable bonds is 3. The van der Waals surface area contributed by atoms with Crippen LogP contribution in [0, 0.1) is 0 Å². The molecule has 0 amide bonds. The largest absolute Gasteiger partial charge is 0.305 e. The van der Waals surface area contributed by atoms with Crippen LogP contribution in [0.4, 0.5) is 0 Å². The predicted octanol–water partition coefficient (Wildman–Crippen LogP) is 3.21. The summed E-state index contributed by atoms with van der Waals surface area (Å²) in [4.78, 5) is 5.76. The topological polar surface area (TPSA) is 29.3 Å². The third-order valence-electron chi connectivity index (χ3n) is 4.09. The number of nitrogens with zero attached hydrogens (tertiary/aromatic N) is 2. The van der Waals surface area contributed by atoms with Crippen molar-refractivity contribution in [2.75, 3.05) is 0 Å². The van der Waals surface area contributed by atoms with Gasteiger partial charge in [-0.15, -0.1) is 11.3 Å². The molecule has 4 rings (SSSR count). The monoisotopic (exact) mass is 283 g/mol. The molecule has 20 heavy (non-hydrogen) atoms. The minimum Gasteiger partial charge on any atom is -0.305 e. The molecule has 1 N–H and O–H groups in total. The average Bonchev–Trinajstić information content (AvgIpc) is 3.11. The van der Waals surface area contributed by atoms with Crippen LogP contribution >= 0.6 is 11.3 Å². The first-order valence-electron chi connectivity index (χ1n) is 7.04. The van der Waals surface area contributed by atoms with Crippen LogP contribution in [0.25, 0.3) is 4.96 Å². The van der Waals surface area contributed by atoms with Gasteiger partial charge >= 0.3 is 0 Å². The normalized spacial score (nSPS) is 16.6. The molecule has 0 saturated carbocycles. The van der Waals surface area contributed by atoms with Crippen molar-refractivity contribution in [1.82, 2.24) is 14.7 Å². The maximum atomic E-state index is 4.68. The molecule has 3 aromatic rings. The zero-order valence-electron chi connectivity index (χ0n) is 11.4. The highest BCUT2D eigenvalue weighted by Crippen LogP contribution is 2.24. The van der Waals surface area contributed by atoms with E-state index >= 15 is 0 Å². The summed E-state index contributed by atoms with van der Waals surface area (Å²) in [7, 11) is 0. The van der Waals surface area contributed by atoms with Crippen LogP contribution in [0.15, 0.2) is 42.0 Å². The standard InChI is InChI=1S/C16H17N3S/c1-11(15-10-19-6-7-20-16(19)18-15)17-14-8-12-4-2-3-5-13(12)9-14/h2-7,10-11,14,17H,8-9H2,1H3/t11-/m0/s1. The molecule has 1 aromatic carbocycles. The van der Waals surface area contributed by atoms with E-state index < -0.39 is 0 Å². The Balaban J connectivity index is 1.49. The van der Waals surface area contributed by atoms with Crippen molar-refractivity contribution in [2.24, 2.45) is 0 Å². The molecule has 1 aliphatic rings. The molecule has 0 bridgehead atoms. The Labute approximate surface area is 122 Å². The van der Waals surface area contributed by atoms with Crippen molar-refractivity contribution in [1.29, 1.82) is 0 Å². The molecule has 1 atom stereocenters. The van der Waals surface area contributed by atoms with E-state index in [2.05, 4.69) is 63.7 Å². The molecule has 0 fully saturated rings. The summed E-state index contributed by atoms with van der Waals surface area (Å²) < 4.78 is 2.10. The van der Waals surface area contributed by atoms with E-state index in [-0.39, 0.29) is 0 Å². The van der Waals surface area contributed by atoms with Crippen LogP contribution in [-0.4, -0.2) is 15.4 Å². The van der Waals surface area contributed by atoms with Crippen LogP contribution in [0.5, 0.6) is 0 Å². The van der Waals surface area contributed by atoms with Gasteiger partial charge in [0, 0.05) is 29.9 Å². The molecule has 102 valence electrons. The fourth-order valence-electron chi connectivity index (χ4n) is 3.07. The zero-order chi connectivity index (χ0) is 13.5. The van der Waals surface area contributed by atoms with Crippen molar-refractivity contribution in [2.45, 2.75) is 31.8 Å². The van der Waals surface area contributed by atoms with E-state index in [9.17, 15) is 0 Å². The molecule has 0 aliphatic heterocycles. The van der Waals surface area contributed by atoms with E-state index in [1.54, 1.807) is 11.3 Å². The third kappa shape index (κ3) is 2.05. The lowest BCUT2D eigenvalue weighted by molar-refractivity contribution is 0.462. The van der Waals surface area contributed by atoms with Gasteiger partial charge in [-0.2, -0.15) is 0 Å². The molecule has 4 heteroatoms. The quantitative estimate of drug-likeness (QED) is 0.800. The van der Waals surface area contributed by atoms with Gasteiger partial charge in [0.05, 0.1) is 5.69 Å². The number of fused-ring (bicyclic) bond motifs is 2. The van der Waals surface area contributed by atoms with Gasteiger partial charge in [0.2, 0.25) is 0 Å². The van der Waals surface area contributed by atoms with Crippen molar-refractivity contribution in [3.8, 4) is 0 Å². The maximum absolute atomic E-state index is 4.68. The van der Waals surface area contributed by atoms with Gasteiger partial charge in [-0.05, 0) is 30.9 Å². The Hall–Kier alpha value is -1.65. The molecule has 2 aromatic heterocycles. The van der Waals surface area contributed by atoms with E-state index in [4.69, 9.17) is 0 Å². The number of hydrogen-bond donors (Lipinski definition) is 1. The van der Waals surface area contributed by atoms with Gasteiger partial charge in [-0.3, -0.25) is 4.40 Å². The Morgan fingerprint density at radius 2 is 2.05 bits per heavy atom. The van der Waals surface area contributed by atoms with Crippen LogP contribution < -0.4 is 5.32 Å². The first kappa shape index (κ1) is 12.1. The van der Waals surface area contributed by atoms with Crippen LogP contribution in [-0.2, 0) is 12.8 Å². The fraction of sp³-hybridized carbons (Fsp3) is 0.312. The molecular weight excluding hydrogens is 266 g/mol. The Kier molecular flexibility index (Phi) is 2.86. The van der Waals surface area contributed by atoms with Crippen molar-refractivity contribution in [3.05, 3.63) is 58.9 Å². The van der Waals surface area contributed by atoms with E-state index in [1.165, 1.54) is 11.1 Å². The van der Waals surface area contributed by atoms with Crippen molar-refractivity contribution >= 4 is 16.3 Å². The summed E-state index contributed by atoms with van der Waals surface area (Å²) in [6.07, 6.45) is 6.45. The fourth-order valence-corrected chi connectivity index (χ4v) is 3.78. The summed E-state index contributed by atoms with van der Waals surface area (Å²) in [6, 6.07) is 9.58. The lowest BCUT2D eigenvalue weighted by Gasteiger charge is -2.17. The van der Waals surface area contributed by atoms with Gasteiger partial charge in [0.15, 0.2) is 4.96 Å². The Bertz CT molecular complexity index is 689. The molecule has 3 nitrogen and oxygen atoms in total. The van der Waals surface area contributed by atoms with Crippen molar-refractivity contribution in [3.63, 3.8) is 0 Å². The van der Waals surface area contributed by atoms with E-state index in [0.29, 0.717) is 12.1 Å². The lowest BCUT2D eigenvalue weighted by atomic mass is 10.1. The second-order valence-electron chi connectivity index (χ2n) is 5.52. The number of nitrogens with one attached hydrogen (secondary N) is 1. The first-order valence-corrected chi connectivity index (χ1v) is 7.92. The number of hydrogen-bond acceptors (Lipinski definition) is 3. The highest BCUT2D eigenvalue weighted by Gasteiger charge is 2.23. The van der Waals surface area contributed by atoms with Gasteiger partial charge in [-0.1, -0.05) is 24.3 Å². The molecule has 0 radical (unpaired) electrons. The number of aromatic nitrogens is 2. The highest BCUT2D eigenvalue weighted by atomic mass is 32.1. The number of imidazole rings is 1. The maximum Gasteiger partial charge on any atom is 0.193 e.